The van der Waals surface area contributed by atoms with Gasteiger partial charge in [-0.1, -0.05) is 28.8 Å². The minimum Gasteiger partial charge on any atom is -0.309 e. The number of carbonyl (C=O) groups excluding carboxylic acids is 2. The lowest BCUT2D eigenvalue weighted by Gasteiger charge is -2.45. The second-order valence-corrected chi connectivity index (χ2v) is 11.0. The maximum absolute atomic E-state index is 12.9. The number of carbonyl (C=O) groups is 2. The van der Waals surface area contributed by atoms with Crippen molar-refractivity contribution < 1.29 is 9.59 Å². The molecule has 3 saturated heterocycles. The topological polar surface area (TPSA) is 70.2 Å². The van der Waals surface area contributed by atoms with Crippen LogP contribution in [-0.2, 0) is 9.59 Å². The Bertz CT molecular complexity index is 657. The van der Waals surface area contributed by atoms with E-state index in [1.54, 1.807) is 0 Å². The second-order valence-electron chi connectivity index (χ2n) is 9.68. The van der Waals surface area contributed by atoms with E-state index in [0.29, 0.717) is 52.7 Å². The average Bonchev–Trinajstić information content (AvgIpc) is 3.25. The van der Waals surface area contributed by atoms with E-state index in [2.05, 4.69) is 31.9 Å². The van der Waals surface area contributed by atoms with Crippen LogP contribution in [0.3, 0.4) is 0 Å². The molecule has 6 rings (SSSR count). The molecular formula is C20H28BrN3O2. The molecule has 142 valence electrons. The van der Waals surface area contributed by atoms with Crippen molar-refractivity contribution in [1.29, 1.82) is 0 Å². The van der Waals surface area contributed by atoms with Gasteiger partial charge < -0.3 is 10.6 Å². The van der Waals surface area contributed by atoms with Gasteiger partial charge in [0, 0.05) is 29.0 Å². The Labute approximate surface area is 162 Å². The number of rotatable bonds is 0. The molecule has 2 amide bonds. The zero-order chi connectivity index (χ0) is 17.6. The Balaban J connectivity index is 1.42. The van der Waals surface area contributed by atoms with Crippen LogP contribution < -0.4 is 16.0 Å². The third kappa shape index (κ3) is 2.10. The van der Waals surface area contributed by atoms with Gasteiger partial charge in [-0.05, 0) is 55.8 Å². The zero-order valence-corrected chi connectivity index (χ0v) is 16.6. The Morgan fingerprint density at radius 3 is 2.12 bits per heavy atom. The van der Waals surface area contributed by atoms with Crippen LogP contribution in [0.15, 0.2) is 0 Å². The fourth-order valence-electron chi connectivity index (χ4n) is 7.98. The Hall–Kier alpha value is -0.460. The lowest BCUT2D eigenvalue weighted by molar-refractivity contribution is -0.128. The van der Waals surface area contributed by atoms with Gasteiger partial charge in [0.25, 0.3) is 0 Å². The van der Waals surface area contributed by atoms with Crippen molar-refractivity contribution >= 4 is 27.7 Å². The minimum absolute atomic E-state index is 0.0242. The quantitative estimate of drug-likeness (QED) is 0.410. The van der Waals surface area contributed by atoms with Gasteiger partial charge >= 0.3 is 0 Å². The molecule has 11 unspecified atom stereocenters. The fourth-order valence-corrected chi connectivity index (χ4v) is 8.65. The predicted octanol–water partition coefficient (Wildman–Crippen LogP) is 1.56. The monoisotopic (exact) mass is 421 g/mol. The van der Waals surface area contributed by atoms with Crippen LogP contribution in [0.5, 0.6) is 0 Å². The number of amides is 2. The highest BCUT2D eigenvalue weighted by molar-refractivity contribution is 9.09. The van der Waals surface area contributed by atoms with Gasteiger partial charge in [-0.15, -0.1) is 0 Å². The number of fused-ring (bicyclic) bond motifs is 10. The molecule has 11 atom stereocenters. The molecule has 6 aliphatic rings. The van der Waals surface area contributed by atoms with E-state index in [0.717, 1.165) is 6.42 Å². The van der Waals surface area contributed by atoms with Gasteiger partial charge in [0.1, 0.15) is 0 Å². The van der Waals surface area contributed by atoms with E-state index in [4.69, 9.17) is 0 Å². The summed E-state index contributed by atoms with van der Waals surface area (Å²) in [5.41, 5.74) is 0. The summed E-state index contributed by atoms with van der Waals surface area (Å²) in [6.07, 6.45) is 8.53. The third-order valence-electron chi connectivity index (χ3n) is 8.75. The first-order chi connectivity index (χ1) is 12.6. The summed E-state index contributed by atoms with van der Waals surface area (Å²) in [5.74, 6) is 1.66. The van der Waals surface area contributed by atoms with E-state index >= 15 is 0 Å². The molecule has 0 aromatic heterocycles. The summed E-state index contributed by atoms with van der Waals surface area (Å²) in [6, 6.07) is 1.77. The molecular weight excluding hydrogens is 394 g/mol. The first-order valence-electron chi connectivity index (χ1n) is 10.6. The predicted molar refractivity (Wildman–Crippen MR) is 101 cm³/mol. The van der Waals surface area contributed by atoms with Crippen LogP contribution in [0.4, 0.5) is 0 Å². The zero-order valence-electron chi connectivity index (χ0n) is 15.0. The number of halogens is 1. The first kappa shape index (κ1) is 16.5. The molecule has 0 aromatic rings. The number of hydrogen-bond acceptors (Lipinski definition) is 4. The van der Waals surface area contributed by atoms with Gasteiger partial charge in [-0.2, -0.15) is 0 Å². The van der Waals surface area contributed by atoms with Crippen LogP contribution in [-0.4, -0.2) is 40.8 Å². The van der Waals surface area contributed by atoms with Crippen molar-refractivity contribution in [3.05, 3.63) is 0 Å². The molecule has 6 heteroatoms. The molecule has 3 aliphatic carbocycles. The highest BCUT2D eigenvalue weighted by atomic mass is 79.9. The minimum atomic E-state index is -0.0920. The summed E-state index contributed by atoms with van der Waals surface area (Å²) in [7, 11) is 0. The molecule has 6 fully saturated rings. The van der Waals surface area contributed by atoms with Gasteiger partial charge in [-0.3, -0.25) is 14.9 Å². The number of nitrogens with one attached hydrogen (secondary N) is 3. The maximum Gasteiger partial charge on any atom is 0.230 e. The van der Waals surface area contributed by atoms with Gasteiger partial charge in [0.05, 0.1) is 11.8 Å². The van der Waals surface area contributed by atoms with Gasteiger partial charge in [0.15, 0.2) is 0 Å². The molecule has 3 heterocycles. The van der Waals surface area contributed by atoms with Gasteiger partial charge in [-0.25, -0.2) is 0 Å². The van der Waals surface area contributed by atoms with Crippen LogP contribution in [0.25, 0.3) is 0 Å². The molecule has 0 aromatic carbocycles. The standard InChI is InChI=1S/C20H28BrN3O2/c21-8-5-6-10-12(7-8)23-18-14(10)16-15(19(25)24-20(16)26)13-9-3-1-2-4-11(9)22-17(13)18/h8-18,22-23H,1-7H2,(H,24,25,26). The average molecular weight is 422 g/mol. The molecule has 5 nitrogen and oxygen atoms in total. The Kier molecular flexibility index (Phi) is 3.66. The summed E-state index contributed by atoms with van der Waals surface area (Å²) in [5, 5.41) is 10.7. The van der Waals surface area contributed by atoms with E-state index in [-0.39, 0.29) is 23.7 Å². The van der Waals surface area contributed by atoms with E-state index in [1.165, 1.54) is 38.5 Å². The maximum atomic E-state index is 12.9. The normalized spacial score (nSPS) is 57.7. The van der Waals surface area contributed by atoms with Crippen LogP contribution in [0.2, 0.25) is 0 Å². The number of hydrogen-bond donors (Lipinski definition) is 3. The Morgan fingerprint density at radius 1 is 0.769 bits per heavy atom. The number of imide groups is 1. The second kappa shape index (κ2) is 5.77. The van der Waals surface area contributed by atoms with E-state index in [9.17, 15) is 9.59 Å². The molecule has 3 aliphatic heterocycles. The summed E-state index contributed by atoms with van der Waals surface area (Å²) in [6.45, 7) is 0. The highest BCUT2D eigenvalue weighted by Crippen LogP contribution is 2.57. The summed E-state index contributed by atoms with van der Waals surface area (Å²) < 4.78 is 0. The summed E-state index contributed by atoms with van der Waals surface area (Å²) >= 11 is 3.82. The third-order valence-corrected chi connectivity index (χ3v) is 9.58. The highest BCUT2D eigenvalue weighted by Gasteiger charge is 2.67. The Morgan fingerprint density at radius 2 is 1.38 bits per heavy atom. The summed E-state index contributed by atoms with van der Waals surface area (Å²) in [4.78, 5) is 26.3. The van der Waals surface area contributed by atoms with Crippen molar-refractivity contribution in [1.82, 2.24) is 16.0 Å². The van der Waals surface area contributed by atoms with Crippen molar-refractivity contribution in [2.45, 2.75) is 73.9 Å². The molecule has 0 radical (unpaired) electrons. The van der Waals surface area contributed by atoms with Crippen molar-refractivity contribution in [3.8, 4) is 0 Å². The van der Waals surface area contributed by atoms with Crippen molar-refractivity contribution in [3.63, 3.8) is 0 Å². The van der Waals surface area contributed by atoms with Gasteiger partial charge in [0.2, 0.25) is 11.8 Å². The smallest absolute Gasteiger partial charge is 0.230 e. The van der Waals surface area contributed by atoms with E-state index < -0.39 is 0 Å². The molecule has 3 saturated carbocycles. The largest absolute Gasteiger partial charge is 0.309 e. The number of alkyl halides is 1. The lowest BCUT2D eigenvalue weighted by atomic mass is 9.57. The van der Waals surface area contributed by atoms with Crippen LogP contribution >= 0.6 is 15.9 Å². The SMILES string of the molecule is O=C1NC(=O)C2C1C1C3CCCCC3NC1C1NC3CC(Br)CCC3C12. The van der Waals surface area contributed by atoms with Crippen LogP contribution in [0.1, 0.15) is 44.9 Å². The van der Waals surface area contributed by atoms with Crippen LogP contribution in [0, 0.1) is 35.5 Å². The van der Waals surface area contributed by atoms with Crippen molar-refractivity contribution in [2.24, 2.45) is 35.5 Å². The molecule has 0 bridgehead atoms. The first-order valence-corrected chi connectivity index (χ1v) is 11.6. The molecule has 0 spiro atoms. The molecule has 3 N–H and O–H groups in total. The lowest BCUT2D eigenvalue weighted by Crippen LogP contribution is -2.58. The van der Waals surface area contributed by atoms with E-state index in [1.807, 2.05) is 0 Å². The van der Waals surface area contributed by atoms with Crippen molar-refractivity contribution in [2.75, 3.05) is 0 Å². The fraction of sp³-hybridized carbons (Fsp3) is 0.900. The molecule has 26 heavy (non-hydrogen) atoms.